The Morgan fingerprint density at radius 3 is 2.58 bits per heavy atom. The first-order valence-electron chi connectivity index (χ1n) is 7.78. The molecule has 2 N–H and O–H groups in total. The van der Waals surface area contributed by atoms with Gasteiger partial charge in [-0.3, -0.25) is 14.6 Å². The minimum absolute atomic E-state index is 0.0454. The van der Waals surface area contributed by atoms with E-state index in [0.717, 1.165) is 0 Å². The van der Waals surface area contributed by atoms with E-state index in [0.29, 0.717) is 24.4 Å². The van der Waals surface area contributed by atoms with Crippen molar-refractivity contribution in [3.63, 3.8) is 0 Å². The number of amides is 2. The highest BCUT2D eigenvalue weighted by Gasteiger charge is 2.16. The molecule has 0 radical (unpaired) electrons. The van der Waals surface area contributed by atoms with E-state index in [-0.39, 0.29) is 17.2 Å². The number of benzene rings is 1. The number of carbonyl (C=O) groups is 3. The van der Waals surface area contributed by atoms with Gasteiger partial charge in [0, 0.05) is 25.4 Å². The van der Waals surface area contributed by atoms with Crippen LogP contribution in [0.25, 0.3) is 0 Å². The summed E-state index contributed by atoms with van der Waals surface area (Å²) in [6.45, 7) is 0.736. The molecule has 2 amide bonds. The first kappa shape index (κ1) is 19.1. The van der Waals surface area contributed by atoms with E-state index in [4.69, 9.17) is 9.47 Å². The molecule has 136 valence electrons. The number of rotatable bonds is 7. The molecule has 2 rings (SSSR count). The number of ether oxygens (including phenoxy) is 2. The summed E-state index contributed by atoms with van der Waals surface area (Å²) in [5.74, 6) is -1.46. The highest BCUT2D eigenvalue weighted by atomic mass is 16.5. The topological polar surface area (TPSA) is 107 Å². The van der Waals surface area contributed by atoms with Gasteiger partial charge in [-0.25, -0.2) is 4.79 Å². The summed E-state index contributed by atoms with van der Waals surface area (Å²) in [5.41, 5.74) is 0.851. The first-order valence-corrected chi connectivity index (χ1v) is 7.78. The fourth-order valence-corrected chi connectivity index (χ4v) is 2.13. The van der Waals surface area contributed by atoms with Crippen LogP contribution in [0, 0.1) is 0 Å². The molecule has 1 aromatic heterocycles. The summed E-state index contributed by atoms with van der Waals surface area (Å²) in [5, 5.41) is 5.27. The van der Waals surface area contributed by atoms with Gasteiger partial charge in [-0.05, 0) is 24.3 Å². The number of para-hydroxylation sites is 1. The van der Waals surface area contributed by atoms with E-state index in [1.54, 1.807) is 18.2 Å². The number of nitrogens with zero attached hydrogens (tertiary/aromatic N) is 1. The summed E-state index contributed by atoms with van der Waals surface area (Å²) in [4.78, 5) is 40.2. The predicted octanol–water partition coefficient (Wildman–Crippen LogP) is 1.50. The van der Waals surface area contributed by atoms with E-state index >= 15 is 0 Å². The summed E-state index contributed by atoms with van der Waals surface area (Å²) in [7, 11) is 2.79. The average molecular weight is 357 g/mol. The van der Waals surface area contributed by atoms with Crippen LogP contribution in [0.2, 0.25) is 0 Å². The Balaban J connectivity index is 2.15. The van der Waals surface area contributed by atoms with Crippen molar-refractivity contribution in [2.75, 3.05) is 32.7 Å². The molecule has 0 bridgehead atoms. The second-order valence-electron chi connectivity index (χ2n) is 5.17. The smallest absolute Gasteiger partial charge is 0.339 e. The van der Waals surface area contributed by atoms with Gasteiger partial charge in [-0.2, -0.15) is 0 Å². The van der Waals surface area contributed by atoms with Crippen molar-refractivity contribution in [1.82, 2.24) is 10.3 Å². The number of nitrogens with one attached hydrogen (secondary N) is 2. The lowest BCUT2D eigenvalue weighted by atomic mass is 10.1. The molecule has 0 aliphatic rings. The van der Waals surface area contributed by atoms with Crippen molar-refractivity contribution in [3.05, 3.63) is 59.4 Å². The molecule has 0 aliphatic heterocycles. The Morgan fingerprint density at radius 2 is 1.85 bits per heavy atom. The minimum atomic E-state index is -0.569. The quantitative estimate of drug-likeness (QED) is 0.574. The second kappa shape index (κ2) is 9.28. The molecule has 0 saturated heterocycles. The largest absolute Gasteiger partial charge is 0.465 e. The normalized spacial score (nSPS) is 10.1. The van der Waals surface area contributed by atoms with Crippen LogP contribution in [0.15, 0.2) is 42.6 Å². The van der Waals surface area contributed by atoms with Gasteiger partial charge in [-0.1, -0.05) is 12.1 Å². The molecule has 0 unspecified atom stereocenters. The molecule has 1 heterocycles. The van der Waals surface area contributed by atoms with Crippen molar-refractivity contribution in [3.8, 4) is 0 Å². The third kappa shape index (κ3) is 4.87. The monoisotopic (exact) mass is 357 g/mol. The van der Waals surface area contributed by atoms with Crippen LogP contribution in [-0.4, -0.2) is 50.1 Å². The van der Waals surface area contributed by atoms with Gasteiger partial charge < -0.3 is 20.1 Å². The molecule has 0 fully saturated rings. The lowest BCUT2D eigenvalue weighted by molar-refractivity contribution is 0.0601. The van der Waals surface area contributed by atoms with Crippen LogP contribution < -0.4 is 10.6 Å². The number of hydrogen-bond acceptors (Lipinski definition) is 6. The van der Waals surface area contributed by atoms with Crippen LogP contribution in [0.5, 0.6) is 0 Å². The Kier molecular flexibility index (Phi) is 6.81. The molecular formula is C18H19N3O5. The van der Waals surface area contributed by atoms with Gasteiger partial charge in [0.15, 0.2) is 0 Å². The fourth-order valence-electron chi connectivity index (χ4n) is 2.13. The minimum Gasteiger partial charge on any atom is -0.465 e. The molecule has 0 saturated carbocycles. The van der Waals surface area contributed by atoms with Crippen LogP contribution in [0.3, 0.4) is 0 Å². The number of hydrogen-bond donors (Lipinski definition) is 2. The molecule has 1 aromatic carbocycles. The molecule has 26 heavy (non-hydrogen) atoms. The van der Waals surface area contributed by atoms with Crippen molar-refractivity contribution >= 4 is 23.5 Å². The van der Waals surface area contributed by atoms with Crippen LogP contribution in [0.4, 0.5) is 5.69 Å². The highest BCUT2D eigenvalue weighted by Crippen LogP contribution is 2.17. The van der Waals surface area contributed by atoms with Crippen molar-refractivity contribution < 1.29 is 23.9 Å². The molecular weight excluding hydrogens is 338 g/mol. The highest BCUT2D eigenvalue weighted by molar-refractivity contribution is 6.08. The fraction of sp³-hybridized carbons (Fsp3) is 0.222. The Morgan fingerprint density at radius 1 is 1.08 bits per heavy atom. The van der Waals surface area contributed by atoms with Crippen molar-refractivity contribution in [2.45, 2.75) is 0 Å². The number of pyridine rings is 1. The molecule has 0 atom stereocenters. The van der Waals surface area contributed by atoms with Crippen molar-refractivity contribution in [1.29, 1.82) is 0 Å². The SMILES string of the molecule is COCCNC(=O)c1ccnc(C(=O)Nc2ccccc2C(=O)OC)c1. The zero-order chi connectivity index (χ0) is 18.9. The summed E-state index contributed by atoms with van der Waals surface area (Å²) >= 11 is 0. The van der Waals surface area contributed by atoms with Crippen LogP contribution >= 0.6 is 0 Å². The maximum Gasteiger partial charge on any atom is 0.339 e. The summed E-state index contributed by atoms with van der Waals surface area (Å²) in [6.07, 6.45) is 1.37. The summed E-state index contributed by atoms with van der Waals surface area (Å²) in [6, 6.07) is 9.32. The number of esters is 1. The Labute approximate surface area is 150 Å². The Hall–Kier alpha value is -3.26. The number of carbonyl (C=O) groups excluding carboxylic acids is 3. The number of methoxy groups -OCH3 is 2. The van der Waals surface area contributed by atoms with E-state index in [9.17, 15) is 14.4 Å². The van der Waals surface area contributed by atoms with Gasteiger partial charge in [0.2, 0.25) is 0 Å². The third-order valence-corrected chi connectivity index (χ3v) is 3.43. The molecule has 0 aliphatic carbocycles. The van der Waals surface area contributed by atoms with E-state index < -0.39 is 11.9 Å². The lowest BCUT2D eigenvalue weighted by Gasteiger charge is -2.10. The van der Waals surface area contributed by atoms with Crippen molar-refractivity contribution in [2.24, 2.45) is 0 Å². The molecule has 8 nitrogen and oxygen atoms in total. The summed E-state index contributed by atoms with van der Waals surface area (Å²) < 4.78 is 9.56. The maximum absolute atomic E-state index is 12.4. The molecule has 0 spiro atoms. The maximum atomic E-state index is 12.4. The average Bonchev–Trinajstić information content (AvgIpc) is 2.68. The van der Waals surface area contributed by atoms with E-state index in [1.165, 1.54) is 38.6 Å². The van der Waals surface area contributed by atoms with Gasteiger partial charge in [-0.15, -0.1) is 0 Å². The van der Waals surface area contributed by atoms with E-state index in [2.05, 4.69) is 15.6 Å². The lowest BCUT2D eigenvalue weighted by Crippen LogP contribution is -2.27. The van der Waals surface area contributed by atoms with Gasteiger partial charge in [0.25, 0.3) is 11.8 Å². The van der Waals surface area contributed by atoms with Crippen LogP contribution in [-0.2, 0) is 9.47 Å². The number of aromatic nitrogens is 1. The molecule has 2 aromatic rings. The zero-order valence-corrected chi connectivity index (χ0v) is 14.4. The number of anilines is 1. The zero-order valence-electron chi connectivity index (χ0n) is 14.4. The molecule has 8 heteroatoms. The Bertz CT molecular complexity index is 807. The van der Waals surface area contributed by atoms with Crippen LogP contribution in [0.1, 0.15) is 31.2 Å². The van der Waals surface area contributed by atoms with Gasteiger partial charge >= 0.3 is 5.97 Å². The third-order valence-electron chi connectivity index (χ3n) is 3.43. The standard InChI is InChI=1S/C18H19N3O5/c1-25-10-9-20-16(22)12-7-8-19-15(11-12)17(23)21-14-6-4-3-5-13(14)18(24)26-2/h3-8,11H,9-10H2,1-2H3,(H,20,22)(H,21,23). The van der Waals surface area contributed by atoms with Gasteiger partial charge in [0.05, 0.1) is 25.0 Å². The van der Waals surface area contributed by atoms with Gasteiger partial charge in [0.1, 0.15) is 5.69 Å². The van der Waals surface area contributed by atoms with E-state index in [1.807, 2.05) is 0 Å². The second-order valence-corrected chi connectivity index (χ2v) is 5.17. The predicted molar refractivity (Wildman–Crippen MR) is 94.2 cm³/mol. The first-order chi connectivity index (χ1) is 12.6.